The molecule has 1 aliphatic heterocycles. The van der Waals surface area contributed by atoms with Gasteiger partial charge in [0.15, 0.2) is 0 Å². The predicted molar refractivity (Wildman–Crippen MR) is 85.0 cm³/mol. The number of methoxy groups -OCH3 is 1. The maximum atomic E-state index is 5.29. The minimum atomic E-state index is 0. The number of halogens is 1. The number of likely N-dealkylation sites (N-methyl/N-ethyl adjacent to an activating group) is 1. The summed E-state index contributed by atoms with van der Waals surface area (Å²) in [6.07, 6.45) is 1.37. The first-order valence-corrected chi connectivity index (χ1v) is 6.98. The van der Waals surface area contributed by atoms with Crippen LogP contribution in [0.3, 0.4) is 0 Å². The fourth-order valence-electron chi connectivity index (χ4n) is 3.84. The van der Waals surface area contributed by atoms with Gasteiger partial charge in [0.25, 0.3) is 0 Å². The van der Waals surface area contributed by atoms with Gasteiger partial charge in [-0.25, -0.2) is 0 Å². The zero-order valence-electron chi connectivity index (χ0n) is 11.9. The molecule has 2 nitrogen and oxygen atoms in total. The summed E-state index contributed by atoms with van der Waals surface area (Å²) in [5, 5.41) is 2.59. The summed E-state index contributed by atoms with van der Waals surface area (Å²) in [6, 6.07) is 13.3. The molecule has 1 aliphatic carbocycles. The lowest BCUT2D eigenvalue weighted by Crippen LogP contribution is -2.22. The van der Waals surface area contributed by atoms with Gasteiger partial charge >= 0.3 is 0 Å². The van der Waals surface area contributed by atoms with E-state index in [0.717, 1.165) is 11.7 Å². The number of piperidine rings is 1. The third-order valence-corrected chi connectivity index (χ3v) is 4.94. The van der Waals surface area contributed by atoms with E-state index in [-0.39, 0.29) is 12.4 Å². The molecule has 2 unspecified atom stereocenters. The molecule has 4 rings (SSSR count). The van der Waals surface area contributed by atoms with Crippen LogP contribution in [-0.2, 0) is 5.41 Å². The van der Waals surface area contributed by atoms with Gasteiger partial charge in [0, 0.05) is 18.5 Å². The minimum absolute atomic E-state index is 0. The molecule has 2 aromatic rings. The first-order valence-electron chi connectivity index (χ1n) is 6.98. The molecule has 2 aliphatic rings. The number of ether oxygens (including phenoxy) is 1. The molecule has 2 fully saturated rings. The Labute approximate surface area is 126 Å². The predicted octanol–water partition coefficient (Wildman–Crippen LogP) is 3.47. The minimum Gasteiger partial charge on any atom is -0.497 e. The first kappa shape index (κ1) is 13.7. The van der Waals surface area contributed by atoms with Gasteiger partial charge in [0.2, 0.25) is 0 Å². The van der Waals surface area contributed by atoms with E-state index in [1.807, 2.05) is 0 Å². The van der Waals surface area contributed by atoms with Crippen LogP contribution in [-0.4, -0.2) is 32.1 Å². The van der Waals surface area contributed by atoms with Crippen LogP contribution in [0.1, 0.15) is 12.0 Å². The van der Waals surface area contributed by atoms with Gasteiger partial charge < -0.3 is 9.64 Å². The summed E-state index contributed by atoms with van der Waals surface area (Å²) in [5.41, 5.74) is 1.99. The maximum Gasteiger partial charge on any atom is 0.119 e. The van der Waals surface area contributed by atoms with E-state index in [4.69, 9.17) is 4.74 Å². The van der Waals surface area contributed by atoms with Crippen molar-refractivity contribution in [1.29, 1.82) is 0 Å². The number of hydrogen-bond donors (Lipinski definition) is 0. The van der Waals surface area contributed by atoms with Gasteiger partial charge in [-0.2, -0.15) is 0 Å². The normalized spacial score (nSPS) is 28.0. The summed E-state index contributed by atoms with van der Waals surface area (Å²) in [5.74, 6) is 1.82. The molecule has 0 N–H and O–H groups in total. The van der Waals surface area contributed by atoms with Gasteiger partial charge in [-0.1, -0.05) is 24.3 Å². The summed E-state index contributed by atoms with van der Waals surface area (Å²) in [7, 11) is 3.96. The molecular formula is C17H20ClNO. The fraction of sp³-hybridized carbons (Fsp3) is 0.412. The van der Waals surface area contributed by atoms with Crippen LogP contribution in [0.4, 0.5) is 0 Å². The molecule has 106 valence electrons. The molecular weight excluding hydrogens is 270 g/mol. The Hall–Kier alpha value is -1.25. The molecule has 0 aromatic heterocycles. The largest absolute Gasteiger partial charge is 0.497 e. The van der Waals surface area contributed by atoms with Gasteiger partial charge in [-0.15, -0.1) is 12.4 Å². The summed E-state index contributed by atoms with van der Waals surface area (Å²) >= 11 is 0. The van der Waals surface area contributed by atoms with Crippen LogP contribution in [0.15, 0.2) is 36.4 Å². The van der Waals surface area contributed by atoms with E-state index >= 15 is 0 Å². The van der Waals surface area contributed by atoms with Crippen molar-refractivity contribution in [3.63, 3.8) is 0 Å². The monoisotopic (exact) mass is 289 g/mol. The molecule has 0 amide bonds. The van der Waals surface area contributed by atoms with Crippen molar-refractivity contribution < 1.29 is 4.74 Å². The van der Waals surface area contributed by atoms with E-state index < -0.39 is 0 Å². The molecule has 0 radical (unpaired) electrons. The maximum absolute atomic E-state index is 5.29. The van der Waals surface area contributed by atoms with Crippen LogP contribution in [0, 0.1) is 5.92 Å². The molecule has 1 heterocycles. The van der Waals surface area contributed by atoms with E-state index in [0.29, 0.717) is 5.41 Å². The third-order valence-electron chi connectivity index (χ3n) is 4.94. The molecule has 0 spiro atoms. The van der Waals surface area contributed by atoms with E-state index in [9.17, 15) is 0 Å². The quantitative estimate of drug-likeness (QED) is 0.839. The molecule has 3 heteroatoms. The summed E-state index contributed by atoms with van der Waals surface area (Å²) in [4.78, 5) is 2.46. The molecule has 0 bridgehead atoms. The second-order valence-electron chi connectivity index (χ2n) is 6.18. The topological polar surface area (TPSA) is 12.5 Å². The van der Waals surface area contributed by atoms with Crippen LogP contribution in [0.25, 0.3) is 10.8 Å². The van der Waals surface area contributed by atoms with Gasteiger partial charge in [0.1, 0.15) is 5.75 Å². The SMILES string of the molecule is COc1ccc2cc(C34CC3CN(C)C4)ccc2c1.Cl. The number of hydrogen-bond acceptors (Lipinski definition) is 2. The average Bonchev–Trinajstić information content (AvgIpc) is 3.01. The van der Waals surface area contributed by atoms with Crippen LogP contribution < -0.4 is 4.74 Å². The number of likely N-dealkylation sites (tertiary alicyclic amines) is 1. The summed E-state index contributed by atoms with van der Waals surface area (Å²) < 4.78 is 5.29. The lowest BCUT2D eigenvalue weighted by Gasteiger charge is -2.17. The number of nitrogens with zero attached hydrogens (tertiary/aromatic N) is 1. The van der Waals surface area contributed by atoms with Gasteiger partial charge in [-0.3, -0.25) is 0 Å². The highest BCUT2D eigenvalue weighted by Crippen LogP contribution is 2.58. The third kappa shape index (κ3) is 1.90. The molecule has 2 aromatic carbocycles. The zero-order valence-corrected chi connectivity index (χ0v) is 12.7. The number of fused-ring (bicyclic) bond motifs is 2. The number of rotatable bonds is 2. The van der Waals surface area contributed by atoms with Crippen molar-refractivity contribution in [2.75, 3.05) is 27.2 Å². The smallest absolute Gasteiger partial charge is 0.119 e. The van der Waals surface area contributed by atoms with Crippen molar-refractivity contribution in [2.24, 2.45) is 5.92 Å². The fourth-order valence-corrected chi connectivity index (χ4v) is 3.84. The van der Waals surface area contributed by atoms with Gasteiger partial charge in [0.05, 0.1) is 7.11 Å². The van der Waals surface area contributed by atoms with E-state index in [2.05, 4.69) is 48.3 Å². The van der Waals surface area contributed by atoms with Crippen LogP contribution >= 0.6 is 12.4 Å². The van der Waals surface area contributed by atoms with E-state index in [1.54, 1.807) is 7.11 Å². The highest BCUT2D eigenvalue weighted by Gasteiger charge is 2.59. The Morgan fingerprint density at radius 2 is 1.90 bits per heavy atom. The lowest BCUT2D eigenvalue weighted by atomic mass is 9.93. The van der Waals surface area contributed by atoms with Crippen LogP contribution in [0.2, 0.25) is 0 Å². The lowest BCUT2D eigenvalue weighted by molar-refractivity contribution is 0.363. The molecule has 2 atom stereocenters. The zero-order chi connectivity index (χ0) is 13.0. The Morgan fingerprint density at radius 1 is 1.15 bits per heavy atom. The number of benzene rings is 2. The van der Waals surface area contributed by atoms with Crippen molar-refractivity contribution in [1.82, 2.24) is 4.90 Å². The van der Waals surface area contributed by atoms with Crippen molar-refractivity contribution in [3.8, 4) is 5.75 Å². The molecule has 20 heavy (non-hydrogen) atoms. The van der Waals surface area contributed by atoms with E-state index in [1.165, 1.54) is 35.8 Å². The van der Waals surface area contributed by atoms with Crippen molar-refractivity contribution >= 4 is 23.2 Å². The van der Waals surface area contributed by atoms with Crippen molar-refractivity contribution in [3.05, 3.63) is 42.0 Å². The second kappa shape index (κ2) is 4.64. The highest BCUT2D eigenvalue weighted by molar-refractivity contribution is 5.85. The Bertz CT molecular complexity index is 656. The Morgan fingerprint density at radius 3 is 2.60 bits per heavy atom. The Balaban J connectivity index is 0.00000121. The first-order chi connectivity index (χ1) is 9.21. The average molecular weight is 290 g/mol. The van der Waals surface area contributed by atoms with Crippen molar-refractivity contribution in [2.45, 2.75) is 11.8 Å². The molecule has 1 saturated carbocycles. The van der Waals surface area contributed by atoms with Crippen LogP contribution in [0.5, 0.6) is 5.75 Å². The summed E-state index contributed by atoms with van der Waals surface area (Å²) in [6.45, 7) is 2.49. The second-order valence-corrected chi connectivity index (χ2v) is 6.18. The van der Waals surface area contributed by atoms with Gasteiger partial charge in [-0.05, 0) is 47.9 Å². The standard InChI is InChI=1S/C17H19NO.ClH/c1-18-10-15-9-17(15,11-18)14-5-3-13-8-16(19-2)6-4-12(13)7-14;/h3-8,15H,9-11H2,1-2H3;1H. The Kier molecular flexibility index (Phi) is 3.19. The highest BCUT2D eigenvalue weighted by atomic mass is 35.5. The molecule has 1 saturated heterocycles.